The highest BCUT2D eigenvalue weighted by Crippen LogP contribution is 2.14. The Bertz CT molecular complexity index is 467. The van der Waals surface area contributed by atoms with Crippen molar-refractivity contribution in [2.45, 2.75) is 26.2 Å². The van der Waals surface area contributed by atoms with Gasteiger partial charge in [0.1, 0.15) is 5.69 Å². The fourth-order valence-electron chi connectivity index (χ4n) is 1.24. The van der Waals surface area contributed by atoms with Crippen molar-refractivity contribution >= 4 is 11.9 Å². The van der Waals surface area contributed by atoms with E-state index >= 15 is 0 Å². The van der Waals surface area contributed by atoms with E-state index in [1.165, 1.54) is 0 Å². The average Bonchev–Trinajstić information content (AvgIpc) is 2.67. The fraction of sp³-hybridized carbons (Fsp3) is 0.444. The molecule has 9 heteroatoms. The Kier molecular flexibility index (Phi) is 3.94. The number of rotatable bonds is 4. The maximum Gasteiger partial charge on any atom is 0.471 e. The lowest BCUT2D eigenvalue weighted by Gasteiger charge is -2.05. The first-order chi connectivity index (χ1) is 8.25. The van der Waals surface area contributed by atoms with E-state index in [9.17, 15) is 22.8 Å². The van der Waals surface area contributed by atoms with E-state index in [1.54, 1.807) is 12.2 Å². The molecule has 1 heterocycles. The van der Waals surface area contributed by atoms with Crippen LogP contribution in [0.3, 0.4) is 0 Å². The Balaban J connectivity index is 2.75. The van der Waals surface area contributed by atoms with Crippen LogP contribution in [-0.4, -0.2) is 32.9 Å². The monoisotopic (exact) mass is 265 g/mol. The maximum atomic E-state index is 11.9. The number of alkyl halides is 3. The lowest BCUT2D eigenvalue weighted by atomic mass is 10.3. The molecule has 0 aliphatic rings. The van der Waals surface area contributed by atoms with Crippen molar-refractivity contribution in [2.24, 2.45) is 0 Å². The molecule has 0 saturated heterocycles. The first kappa shape index (κ1) is 14.0. The standard InChI is InChI=1S/C9H10F3N3O3/c1-2-15-6(7(16)17)3-5(14-15)4-13-8(18)9(10,11)12/h3H,2,4H2,1H3,(H,13,18)(H,16,17). The predicted octanol–water partition coefficient (Wildman–Crippen LogP) is 0.780. The van der Waals surface area contributed by atoms with Crippen LogP contribution >= 0.6 is 0 Å². The van der Waals surface area contributed by atoms with Gasteiger partial charge in [0.2, 0.25) is 0 Å². The molecule has 6 nitrogen and oxygen atoms in total. The van der Waals surface area contributed by atoms with Crippen LogP contribution in [0.2, 0.25) is 0 Å². The predicted molar refractivity (Wildman–Crippen MR) is 52.8 cm³/mol. The molecule has 1 aromatic rings. The number of nitrogens with one attached hydrogen (secondary N) is 1. The van der Waals surface area contributed by atoms with E-state index < -0.39 is 24.6 Å². The molecule has 0 aliphatic heterocycles. The van der Waals surface area contributed by atoms with Gasteiger partial charge in [0.15, 0.2) is 0 Å². The third kappa shape index (κ3) is 3.22. The smallest absolute Gasteiger partial charge is 0.471 e. The number of hydrogen-bond donors (Lipinski definition) is 2. The Hall–Kier alpha value is -2.06. The van der Waals surface area contributed by atoms with Crippen LogP contribution in [0.1, 0.15) is 23.1 Å². The van der Waals surface area contributed by atoms with E-state index in [0.717, 1.165) is 10.7 Å². The van der Waals surface area contributed by atoms with Gasteiger partial charge in [0.25, 0.3) is 0 Å². The first-order valence-corrected chi connectivity index (χ1v) is 4.90. The molecule has 0 unspecified atom stereocenters. The molecule has 1 rings (SSSR count). The number of carboxylic acids is 1. The normalized spacial score (nSPS) is 11.3. The summed E-state index contributed by atoms with van der Waals surface area (Å²) in [4.78, 5) is 21.3. The van der Waals surface area contributed by atoms with Crippen molar-refractivity contribution in [1.82, 2.24) is 15.1 Å². The van der Waals surface area contributed by atoms with Crippen LogP contribution in [-0.2, 0) is 17.9 Å². The molecule has 1 amide bonds. The van der Waals surface area contributed by atoms with Crippen LogP contribution in [0.25, 0.3) is 0 Å². The highest BCUT2D eigenvalue weighted by molar-refractivity contribution is 5.86. The molecule has 1 aromatic heterocycles. The van der Waals surface area contributed by atoms with Gasteiger partial charge >= 0.3 is 18.1 Å². The molecular formula is C9H10F3N3O3. The second kappa shape index (κ2) is 5.07. The molecule has 0 atom stereocenters. The van der Waals surface area contributed by atoms with Crippen molar-refractivity contribution < 1.29 is 27.9 Å². The van der Waals surface area contributed by atoms with Crippen molar-refractivity contribution in [2.75, 3.05) is 0 Å². The minimum absolute atomic E-state index is 0.0480. The number of amides is 1. The summed E-state index contributed by atoms with van der Waals surface area (Å²) in [7, 11) is 0. The summed E-state index contributed by atoms with van der Waals surface area (Å²) >= 11 is 0. The quantitative estimate of drug-likeness (QED) is 0.842. The number of carboxylic acid groups (broad SMARTS) is 1. The van der Waals surface area contributed by atoms with Gasteiger partial charge in [-0.05, 0) is 13.0 Å². The fourth-order valence-corrected chi connectivity index (χ4v) is 1.24. The number of nitrogens with zero attached hydrogens (tertiary/aromatic N) is 2. The van der Waals surface area contributed by atoms with Gasteiger partial charge < -0.3 is 10.4 Å². The molecule has 0 spiro atoms. The zero-order chi connectivity index (χ0) is 13.9. The summed E-state index contributed by atoms with van der Waals surface area (Å²) < 4.78 is 36.8. The van der Waals surface area contributed by atoms with Gasteiger partial charge in [0.05, 0.1) is 12.2 Å². The lowest BCUT2D eigenvalue weighted by Crippen LogP contribution is -2.36. The average molecular weight is 265 g/mol. The highest BCUT2D eigenvalue weighted by Gasteiger charge is 2.38. The van der Waals surface area contributed by atoms with Gasteiger partial charge in [-0.3, -0.25) is 9.48 Å². The van der Waals surface area contributed by atoms with E-state index in [2.05, 4.69) is 5.10 Å². The third-order valence-electron chi connectivity index (χ3n) is 2.04. The highest BCUT2D eigenvalue weighted by atomic mass is 19.4. The van der Waals surface area contributed by atoms with Gasteiger partial charge in [0, 0.05) is 6.54 Å². The van der Waals surface area contributed by atoms with E-state index in [0.29, 0.717) is 0 Å². The molecule has 0 bridgehead atoms. The number of aryl methyl sites for hydroxylation is 1. The summed E-state index contributed by atoms with van der Waals surface area (Å²) in [6, 6.07) is 1.11. The van der Waals surface area contributed by atoms with Gasteiger partial charge in [-0.1, -0.05) is 0 Å². The van der Waals surface area contributed by atoms with Crippen molar-refractivity contribution in [3.63, 3.8) is 0 Å². The van der Waals surface area contributed by atoms with Crippen LogP contribution in [0.4, 0.5) is 13.2 Å². The van der Waals surface area contributed by atoms with E-state index in [-0.39, 0.29) is 17.9 Å². The molecule has 0 aliphatic carbocycles. The van der Waals surface area contributed by atoms with Gasteiger partial charge in [-0.2, -0.15) is 18.3 Å². The molecule has 0 radical (unpaired) electrons. The van der Waals surface area contributed by atoms with E-state index in [4.69, 9.17) is 5.11 Å². The minimum atomic E-state index is -4.97. The summed E-state index contributed by atoms with van der Waals surface area (Å²) in [5.74, 6) is -3.33. The number of carbonyl (C=O) groups is 2. The molecule has 100 valence electrons. The second-order valence-electron chi connectivity index (χ2n) is 3.32. The Morgan fingerprint density at radius 2 is 2.11 bits per heavy atom. The van der Waals surface area contributed by atoms with Crippen molar-refractivity contribution in [3.05, 3.63) is 17.5 Å². The van der Waals surface area contributed by atoms with Gasteiger partial charge in [-0.15, -0.1) is 0 Å². The van der Waals surface area contributed by atoms with Crippen LogP contribution in [0, 0.1) is 0 Å². The lowest BCUT2D eigenvalue weighted by molar-refractivity contribution is -0.173. The molecule has 0 saturated carbocycles. The number of aromatic nitrogens is 2. The van der Waals surface area contributed by atoms with Crippen molar-refractivity contribution in [1.29, 1.82) is 0 Å². The van der Waals surface area contributed by atoms with Crippen LogP contribution in [0.5, 0.6) is 0 Å². The van der Waals surface area contributed by atoms with Crippen LogP contribution in [0.15, 0.2) is 6.07 Å². The Morgan fingerprint density at radius 3 is 2.50 bits per heavy atom. The topological polar surface area (TPSA) is 84.2 Å². The molecule has 18 heavy (non-hydrogen) atoms. The number of halogens is 3. The number of aromatic carboxylic acids is 1. The zero-order valence-electron chi connectivity index (χ0n) is 9.28. The molecular weight excluding hydrogens is 255 g/mol. The minimum Gasteiger partial charge on any atom is -0.477 e. The molecule has 0 fully saturated rings. The molecule has 0 aromatic carbocycles. The second-order valence-corrected chi connectivity index (χ2v) is 3.32. The van der Waals surface area contributed by atoms with Crippen molar-refractivity contribution in [3.8, 4) is 0 Å². The SMILES string of the molecule is CCn1nc(CNC(=O)C(F)(F)F)cc1C(=O)O. The summed E-state index contributed by atoms with van der Waals surface area (Å²) in [6.45, 7) is 1.41. The number of carbonyl (C=O) groups excluding carboxylic acids is 1. The summed E-state index contributed by atoms with van der Waals surface area (Å²) in [6.07, 6.45) is -4.97. The summed E-state index contributed by atoms with van der Waals surface area (Å²) in [5, 5.41) is 14.2. The molecule has 2 N–H and O–H groups in total. The maximum absolute atomic E-state index is 11.9. The van der Waals surface area contributed by atoms with E-state index in [1.807, 2.05) is 0 Å². The van der Waals surface area contributed by atoms with Gasteiger partial charge in [-0.25, -0.2) is 4.79 Å². The number of hydrogen-bond acceptors (Lipinski definition) is 3. The Labute approximate surface area is 99.4 Å². The summed E-state index contributed by atoms with van der Waals surface area (Å²) in [5.41, 5.74) is -0.0967. The largest absolute Gasteiger partial charge is 0.477 e. The Morgan fingerprint density at radius 1 is 1.50 bits per heavy atom. The first-order valence-electron chi connectivity index (χ1n) is 4.90. The zero-order valence-corrected chi connectivity index (χ0v) is 9.28. The van der Waals surface area contributed by atoms with Crippen LogP contribution < -0.4 is 5.32 Å². The third-order valence-corrected chi connectivity index (χ3v) is 2.04.